The van der Waals surface area contributed by atoms with Crippen LogP contribution in [0.25, 0.3) is 0 Å². The quantitative estimate of drug-likeness (QED) is 0.600. The maximum absolute atomic E-state index is 5.40. The molecule has 0 spiro atoms. The lowest BCUT2D eigenvalue weighted by atomic mass is 10.2. The Kier molecular flexibility index (Phi) is 4.92. The first-order valence-corrected chi connectivity index (χ1v) is 5.51. The van der Waals surface area contributed by atoms with Crippen LogP contribution in [0.4, 0.5) is 0 Å². The van der Waals surface area contributed by atoms with E-state index >= 15 is 0 Å². The first-order chi connectivity index (χ1) is 7.29. The number of nitrogens with two attached hydrogens (primary N) is 1. The predicted octanol–water partition coefficient (Wildman–Crippen LogP) is 1.69. The van der Waals surface area contributed by atoms with Crippen molar-refractivity contribution in [3.05, 3.63) is 17.5 Å². The van der Waals surface area contributed by atoms with Crippen LogP contribution in [-0.4, -0.2) is 16.3 Å². The Balaban J connectivity index is 2.64. The van der Waals surface area contributed by atoms with Crippen molar-refractivity contribution in [3.8, 4) is 11.8 Å². The van der Waals surface area contributed by atoms with E-state index in [4.69, 9.17) is 5.73 Å². The summed E-state index contributed by atoms with van der Waals surface area (Å²) < 4.78 is 2.01. The van der Waals surface area contributed by atoms with Crippen molar-refractivity contribution in [1.29, 1.82) is 0 Å². The third-order valence-corrected chi connectivity index (χ3v) is 2.27. The predicted molar refractivity (Wildman–Crippen MR) is 62.4 cm³/mol. The van der Waals surface area contributed by atoms with Gasteiger partial charge in [-0.3, -0.25) is 4.68 Å². The highest BCUT2D eigenvalue weighted by atomic mass is 15.3. The summed E-state index contributed by atoms with van der Waals surface area (Å²) in [5.41, 5.74) is 7.60. The summed E-state index contributed by atoms with van der Waals surface area (Å²) in [5, 5.41) is 4.29. The molecule has 15 heavy (non-hydrogen) atoms. The first-order valence-electron chi connectivity index (χ1n) is 5.51. The zero-order valence-corrected chi connectivity index (χ0v) is 9.58. The van der Waals surface area contributed by atoms with Crippen molar-refractivity contribution in [2.45, 2.75) is 39.7 Å². The Bertz CT molecular complexity index is 355. The molecule has 0 aliphatic carbocycles. The summed E-state index contributed by atoms with van der Waals surface area (Å²) in [6, 6.07) is 0. The Labute approximate surface area is 91.7 Å². The van der Waals surface area contributed by atoms with Gasteiger partial charge in [0.15, 0.2) is 0 Å². The van der Waals surface area contributed by atoms with E-state index < -0.39 is 0 Å². The molecule has 82 valence electrons. The Morgan fingerprint density at radius 2 is 2.33 bits per heavy atom. The average molecular weight is 205 g/mol. The fourth-order valence-corrected chi connectivity index (χ4v) is 1.35. The van der Waals surface area contributed by atoms with Crippen LogP contribution in [0.5, 0.6) is 0 Å². The zero-order valence-electron chi connectivity index (χ0n) is 9.58. The van der Waals surface area contributed by atoms with Gasteiger partial charge in [0.1, 0.15) is 0 Å². The van der Waals surface area contributed by atoms with Crippen LogP contribution >= 0.6 is 0 Å². The molecule has 0 fully saturated rings. The number of aryl methyl sites for hydroxylation is 1. The van der Waals surface area contributed by atoms with Gasteiger partial charge >= 0.3 is 0 Å². The van der Waals surface area contributed by atoms with Gasteiger partial charge in [0.05, 0.1) is 17.5 Å². The maximum Gasteiger partial charge on any atom is 0.0654 e. The number of nitrogens with zero attached hydrogens (tertiary/aromatic N) is 2. The summed E-state index contributed by atoms with van der Waals surface area (Å²) in [5.74, 6) is 6.25. The second-order valence-electron chi connectivity index (χ2n) is 3.56. The minimum absolute atomic E-state index is 0.711. The van der Waals surface area contributed by atoms with Crippen molar-refractivity contribution >= 4 is 0 Å². The molecule has 1 heterocycles. The highest BCUT2D eigenvalue weighted by molar-refractivity contribution is 5.35. The number of aromatic nitrogens is 2. The molecule has 0 saturated heterocycles. The Morgan fingerprint density at radius 3 is 3.00 bits per heavy atom. The normalized spacial score (nSPS) is 9.80. The van der Waals surface area contributed by atoms with E-state index in [1.54, 1.807) is 0 Å². The molecule has 1 rings (SSSR count). The van der Waals surface area contributed by atoms with Crippen LogP contribution in [0.1, 0.15) is 37.4 Å². The zero-order chi connectivity index (χ0) is 11.1. The minimum atomic E-state index is 0.711. The average Bonchev–Trinajstić information content (AvgIpc) is 2.57. The van der Waals surface area contributed by atoms with Gasteiger partial charge < -0.3 is 5.73 Å². The molecule has 0 amide bonds. The van der Waals surface area contributed by atoms with Crippen molar-refractivity contribution in [1.82, 2.24) is 9.78 Å². The van der Waals surface area contributed by atoms with E-state index in [9.17, 15) is 0 Å². The second-order valence-corrected chi connectivity index (χ2v) is 3.56. The van der Waals surface area contributed by atoms with Gasteiger partial charge in [-0.05, 0) is 26.3 Å². The van der Waals surface area contributed by atoms with Gasteiger partial charge in [0.25, 0.3) is 0 Å². The maximum atomic E-state index is 5.40. The second kappa shape index (κ2) is 6.26. The lowest BCUT2D eigenvalue weighted by Crippen LogP contribution is -2.00. The van der Waals surface area contributed by atoms with E-state index in [1.165, 1.54) is 0 Å². The molecule has 0 aliphatic rings. The Morgan fingerprint density at radius 1 is 1.53 bits per heavy atom. The van der Waals surface area contributed by atoms with E-state index in [-0.39, 0.29) is 0 Å². The molecule has 0 aromatic carbocycles. The van der Waals surface area contributed by atoms with Crippen LogP contribution in [-0.2, 0) is 6.54 Å². The fraction of sp³-hybridized carbons (Fsp3) is 0.583. The number of hydrogen-bond acceptors (Lipinski definition) is 2. The van der Waals surface area contributed by atoms with E-state index in [2.05, 4.69) is 30.8 Å². The van der Waals surface area contributed by atoms with Crippen molar-refractivity contribution < 1.29 is 0 Å². The molecule has 2 N–H and O–H groups in total. The van der Waals surface area contributed by atoms with Crippen LogP contribution in [0.2, 0.25) is 0 Å². The molecule has 0 atom stereocenters. The van der Waals surface area contributed by atoms with Gasteiger partial charge in [0, 0.05) is 13.0 Å². The van der Waals surface area contributed by atoms with Crippen LogP contribution in [0, 0.1) is 18.8 Å². The molecule has 0 bridgehead atoms. The fourth-order valence-electron chi connectivity index (χ4n) is 1.35. The molecule has 0 aliphatic heterocycles. The number of hydrogen-bond donors (Lipinski definition) is 1. The van der Waals surface area contributed by atoms with Crippen molar-refractivity contribution in [2.24, 2.45) is 5.73 Å². The van der Waals surface area contributed by atoms with Crippen molar-refractivity contribution in [3.63, 3.8) is 0 Å². The molecule has 3 heteroatoms. The highest BCUT2D eigenvalue weighted by Gasteiger charge is 2.01. The van der Waals surface area contributed by atoms with Gasteiger partial charge in [-0.15, -0.1) is 0 Å². The summed E-state index contributed by atoms with van der Waals surface area (Å²) >= 11 is 0. The van der Waals surface area contributed by atoms with Gasteiger partial charge in [0.2, 0.25) is 0 Å². The van der Waals surface area contributed by atoms with E-state index in [1.807, 2.05) is 10.9 Å². The molecule has 3 nitrogen and oxygen atoms in total. The summed E-state index contributed by atoms with van der Waals surface area (Å²) in [4.78, 5) is 0. The molecule has 1 aromatic rings. The molecule has 0 unspecified atom stereocenters. The first kappa shape index (κ1) is 11.8. The van der Waals surface area contributed by atoms with Crippen molar-refractivity contribution in [2.75, 3.05) is 6.54 Å². The molecular weight excluding hydrogens is 186 g/mol. The van der Waals surface area contributed by atoms with Gasteiger partial charge in [-0.1, -0.05) is 18.8 Å². The lowest BCUT2D eigenvalue weighted by Gasteiger charge is -2.00. The van der Waals surface area contributed by atoms with Gasteiger partial charge in [-0.25, -0.2) is 0 Å². The largest absolute Gasteiger partial charge is 0.330 e. The van der Waals surface area contributed by atoms with Crippen LogP contribution in [0.15, 0.2) is 6.20 Å². The number of rotatable bonds is 4. The van der Waals surface area contributed by atoms with Gasteiger partial charge in [-0.2, -0.15) is 5.10 Å². The summed E-state index contributed by atoms with van der Waals surface area (Å²) in [7, 11) is 0. The molecule has 0 radical (unpaired) electrons. The summed E-state index contributed by atoms with van der Waals surface area (Å²) in [6.45, 7) is 5.89. The third-order valence-electron chi connectivity index (χ3n) is 2.27. The van der Waals surface area contributed by atoms with Crippen LogP contribution < -0.4 is 5.73 Å². The molecule has 0 saturated carbocycles. The monoisotopic (exact) mass is 205 g/mol. The van der Waals surface area contributed by atoms with E-state index in [0.29, 0.717) is 6.54 Å². The summed E-state index contributed by atoms with van der Waals surface area (Å²) in [6.07, 6.45) is 4.78. The molecular formula is C12H19N3. The standard InChI is InChI=1S/C12H19N3/c1-3-9-15-11(2)12(10-14-15)7-5-4-6-8-13/h10H,3-4,6,8-9,13H2,1-2H3. The highest BCUT2D eigenvalue weighted by Crippen LogP contribution is 2.06. The third kappa shape index (κ3) is 3.41. The Hall–Kier alpha value is -1.27. The van der Waals surface area contributed by atoms with Crippen LogP contribution in [0.3, 0.4) is 0 Å². The smallest absolute Gasteiger partial charge is 0.0654 e. The molecule has 1 aromatic heterocycles. The topological polar surface area (TPSA) is 43.8 Å². The lowest BCUT2D eigenvalue weighted by molar-refractivity contribution is 0.587. The SMILES string of the molecule is CCCn1ncc(C#CCCCN)c1C. The minimum Gasteiger partial charge on any atom is -0.330 e. The van der Waals surface area contributed by atoms with E-state index in [0.717, 1.165) is 37.1 Å². The number of unbranched alkanes of at least 4 members (excludes halogenated alkanes) is 1.